The largest absolute Gasteiger partial charge is 0.379 e. The van der Waals surface area contributed by atoms with Gasteiger partial charge in [0.15, 0.2) is 11.7 Å². The van der Waals surface area contributed by atoms with Gasteiger partial charge in [-0.15, -0.1) is 0 Å². The molecule has 2 aromatic rings. The van der Waals surface area contributed by atoms with Crippen molar-refractivity contribution in [2.24, 2.45) is 0 Å². The maximum Gasteiger partial charge on any atom is 0.252 e. The molecule has 0 radical (unpaired) electrons. The Kier molecular flexibility index (Phi) is 8.64. The second kappa shape index (κ2) is 11.7. The number of benzene rings is 1. The Morgan fingerprint density at radius 1 is 1.15 bits per heavy atom. The highest BCUT2D eigenvalue weighted by atomic mass is 19.3. The fourth-order valence-electron chi connectivity index (χ4n) is 5.57. The van der Waals surface area contributed by atoms with E-state index < -0.39 is 35.4 Å². The van der Waals surface area contributed by atoms with Gasteiger partial charge in [0.05, 0.1) is 24.5 Å². The van der Waals surface area contributed by atoms with E-state index in [-0.39, 0.29) is 55.9 Å². The number of amides is 2. The Hall–Kier alpha value is -3.65. The highest BCUT2D eigenvalue weighted by Gasteiger charge is 2.51. The number of likely N-dealkylation sites (tertiary alicyclic amines) is 1. The van der Waals surface area contributed by atoms with Crippen molar-refractivity contribution in [3.63, 3.8) is 0 Å². The summed E-state index contributed by atoms with van der Waals surface area (Å²) in [5.41, 5.74) is -0.212. The Morgan fingerprint density at radius 2 is 1.80 bits per heavy atom. The fraction of sp³-hybridized carbons (Fsp3) is 0.567. The predicted molar refractivity (Wildman–Crippen MR) is 149 cm³/mol. The Morgan fingerprint density at radius 3 is 2.34 bits per heavy atom. The summed E-state index contributed by atoms with van der Waals surface area (Å²) in [6.07, 6.45) is 5.92. The molecule has 2 aliphatic rings. The zero-order chi connectivity index (χ0) is 30.0. The first kappa shape index (κ1) is 30.3. The summed E-state index contributed by atoms with van der Waals surface area (Å²) in [4.78, 5) is 40.1. The molecule has 1 N–H and O–H groups in total. The van der Waals surface area contributed by atoms with Gasteiger partial charge in [-0.2, -0.15) is 5.26 Å². The standard InChI is InChI=1S/C30H38F2N6O3/c1-28(2,3)20-6-8-22(9-7-20)38(26(39)24-16-23(41-5)18-37(24)19-33)29(4,25-17-34-14-15-35-25)27(40)36-21-10-12-30(31,32)13-11-21/h6-9,14-15,17,21,23-24H,10-13,16,18H2,1-5H3,(H,36,40). The number of ether oxygens (including phenoxy) is 1. The highest BCUT2D eigenvalue weighted by Crippen LogP contribution is 2.38. The molecule has 41 heavy (non-hydrogen) atoms. The third-order valence-corrected chi connectivity index (χ3v) is 8.23. The summed E-state index contributed by atoms with van der Waals surface area (Å²) < 4.78 is 33.2. The molecular formula is C30H38F2N6O3. The number of rotatable bonds is 7. The first-order valence-electron chi connectivity index (χ1n) is 13.9. The van der Waals surface area contributed by atoms with E-state index in [0.717, 1.165) is 5.56 Å². The van der Waals surface area contributed by atoms with Crippen LogP contribution in [0.4, 0.5) is 14.5 Å². The molecule has 1 saturated heterocycles. The van der Waals surface area contributed by atoms with Crippen LogP contribution in [0.5, 0.6) is 0 Å². The molecule has 1 saturated carbocycles. The number of aromatic nitrogens is 2. The molecule has 9 nitrogen and oxygen atoms in total. The molecule has 2 fully saturated rings. The van der Waals surface area contributed by atoms with Gasteiger partial charge in [0.1, 0.15) is 6.04 Å². The van der Waals surface area contributed by atoms with Crippen molar-refractivity contribution in [3.8, 4) is 6.19 Å². The van der Waals surface area contributed by atoms with Gasteiger partial charge < -0.3 is 10.1 Å². The Labute approximate surface area is 239 Å². The van der Waals surface area contributed by atoms with Crippen molar-refractivity contribution < 1.29 is 23.1 Å². The lowest BCUT2D eigenvalue weighted by atomic mass is 9.86. The van der Waals surface area contributed by atoms with Crippen LogP contribution in [0.1, 0.15) is 71.1 Å². The van der Waals surface area contributed by atoms with Crippen LogP contribution in [0.15, 0.2) is 42.9 Å². The molecule has 1 aliphatic heterocycles. The molecule has 11 heteroatoms. The Bertz CT molecular complexity index is 1270. The maximum atomic E-state index is 14.5. The van der Waals surface area contributed by atoms with E-state index in [1.54, 1.807) is 19.1 Å². The number of carbonyl (C=O) groups excluding carboxylic acids is 2. The summed E-state index contributed by atoms with van der Waals surface area (Å²) in [6, 6.07) is 6.00. The van der Waals surface area contributed by atoms with Crippen LogP contribution in [0.3, 0.4) is 0 Å². The van der Waals surface area contributed by atoms with E-state index in [1.165, 1.54) is 35.5 Å². The SMILES string of the molecule is COC1CC(C(=O)N(c2ccc(C(C)(C)C)cc2)C(C)(C(=O)NC2CCC(F)(F)CC2)c2cnccn2)N(C#N)C1. The molecule has 1 aromatic carbocycles. The van der Waals surface area contributed by atoms with Crippen LogP contribution < -0.4 is 10.2 Å². The van der Waals surface area contributed by atoms with Crippen LogP contribution in [0.2, 0.25) is 0 Å². The second-order valence-corrected chi connectivity index (χ2v) is 12.1. The summed E-state index contributed by atoms with van der Waals surface area (Å²) >= 11 is 0. The second-order valence-electron chi connectivity index (χ2n) is 12.1. The number of alkyl halides is 2. The van der Waals surface area contributed by atoms with Gasteiger partial charge in [0.25, 0.3) is 11.8 Å². The van der Waals surface area contributed by atoms with Crippen molar-refractivity contribution in [2.45, 2.75) is 94.9 Å². The first-order valence-corrected chi connectivity index (χ1v) is 13.9. The minimum absolute atomic E-state index is 0.115. The maximum absolute atomic E-state index is 14.5. The van der Waals surface area contributed by atoms with Crippen molar-refractivity contribution in [3.05, 3.63) is 54.1 Å². The van der Waals surface area contributed by atoms with Gasteiger partial charge in [-0.25, -0.2) is 8.78 Å². The molecule has 4 rings (SSSR count). The van der Waals surface area contributed by atoms with Crippen LogP contribution in [0.25, 0.3) is 0 Å². The number of hydrogen-bond acceptors (Lipinski definition) is 7. The molecule has 1 aromatic heterocycles. The summed E-state index contributed by atoms with van der Waals surface area (Å²) in [7, 11) is 1.53. The number of hydrogen-bond donors (Lipinski definition) is 1. The van der Waals surface area contributed by atoms with Crippen LogP contribution in [0, 0.1) is 11.5 Å². The minimum Gasteiger partial charge on any atom is -0.379 e. The number of nitriles is 1. The smallest absolute Gasteiger partial charge is 0.252 e. The lowest BCUT2D eigenvalue weighted by Crippen LogP contribution is -2.62. The van der Waals surface area contributed by atoms with Gasteiger partial charge in [0, 0.05) is 50.5 Å². The number of methoxy groups -OCH3 is 1. The summed E-state index contributed by atoms with van der Waals surface area (Å²) in [5, 5.41) is 12.8. The molecule has 1 aliphatic carbocycles. The number of nitrogens with one attached hydrogen (secondary N) is 1. The molecule has 220 valence electrons. The quantitative estimate of drug-likeness (QED) is 0.496. The van der Waals surface area contributed by atoms with Crippen molar-refractivity contribution in [1.29, 1.82) is 5.26 Å². The van der Waals surface area contributed by atoms with E-state index in [1.807, 2.05) is 12.1 Å². The zero-order valence-corrected chi connectivity index (χ0v) is 24.2. The number of anilines is 1. The summed E-state index contributed by atoms with van der Waals surface area (Å²) in [6.45, 7) is 8.04. The predicted octanol–water partition coefficient (Wildman–Crippen LogP) is 4.29. The van der Waals surface area contributed by atoms with Gasteiger partial charge >= 0.3 is 0 Å². The van der Waals surface area contributed by atoms with Crippen molar-refractivity contribution in [2.75, 3.05) is 18.6 Å². The number of halogens is 2. The third kappa shape index (κ3) is 6.32. The van der Waals surface area contributed by atoms with Gasteiger partial charge in [0.2, 0.25) is 5.92 Å². The van der Waals surface area contributed by atoms with E-state index in [2.05, 4.69) is 42.2 Å². The summed E-state index contributed by atoms with van der Waals surface area (Å²) in [5.74, 6) is -3.80. The van der Waals surface area contributed by atoms with E-state index in [0.29, 0.717) is 5.69 Å². The molecule has 0 spiro atoms. The van der Waals surface area contributed by atoms with E-state index >= 15 is 0 Å². The third-order valence-electron chi connectivity index (χ3n) is 8.23. The van der Waals surface area contributed by atoms with Gasteiger partial charge in [-0.05, 0) is 42.9 Å². The lowest BCUT2D eigenvalue weighted by molar-refractivity contribution is -0.133. The topological polar surface area (TPSA) is 111 Å². The molecule has 2 amide bonds. The molecular weight excluding hydrogens is 530 g/mol. The highest BCUT2D eigenvalue weighted by molar-refractivity contribution is 6.06. The van der Waals surface area contributed by atoms with Gasteiger partial charge in [-0.3, -0.25) is 29.4 Å². The zero-order valence-electron chi connectivity index (χ0n) is 24.2. The lowest BCUT2D eigenvalue weighted by Gasteiger charge is -2.42. The average molecular weight is 569 g/mol. The fourth-order valence-corrected chi connectivity index (χ4v) is 5.57. The van der Waals surface area contributed by atoms with E-state index in [9.17, 15) is 23.6 Å². The monoisotopic (exact) mass is 568 g/mol. The normalized spacial score (nSPS) is 22.4. The van der Waals surface area contributed by atoms with Crippen LogP contribution in [-0.4, -0.2) is 64.4 Å². The molecule has 3 unspecified atom stereocenters. The average Bonchev–Trinajstić information content (AvgIpc) is 3.38. The van der Waals surface area contributed by atoms with Crippen molar-refractivity contribution >= 4 is 17.5 Å². The van der Waals surface area contributed by atoms with E-state index in [4.69, 9.17) is 4.74 Å². The minimum atomic E-state index is -2.76. The number of nitrogens with zero attached hydrogens (tertiary/aromatic N) is 5. The molecule has 0 bridgehead atoms. The Balaban J connectivity index is 1.82. The first-order chi connectivity index (χ1) is 19.3. The van der Waals surface area contributed by atoms with Gasteiger partial charge in [-0.1, -0.05) is 32.9 Å². The molecule has 2 heterocycles. The van der Waals surface area contributed by atoms with Crippen LogP contribution in [-0.2, 0) is 25.3 Å². The molecule has 3 atom stereocenters. The number of carbonyl (C=O) groups is 2. The van der Waals surface area contributed by atoms with Crippen LogP contribution >= 0.6 is 0 Å². The van der Waals surface area contributed by atoms with Crippen molar-refractivity contribution in [1.82, 2.24) is 20.2 Å².